The van der Waals surface area contributed by atoms with Gasteiger partial charge < -0.3 is 24.1 Å². The highest BCUT2D eigenvalue weighted by Gasteiger charge is 2.46. The molecule has 2 aromatic carbocycles. The second-order valence-corrected chi connectivity index (χ2v) is 6.69. The van der Waals surface area contributed by atoms with Crippen LogP contribution in [0.1, 0.15) is 15.9 Å². The molecule has 1 heterocycles. The first-order valence-electron chi connectivity index (χ1n) is 9.42. The third-order valence-corrected chi connectivity index (χ3v) is 4.74. The Morgan fingerprint density at radius 3 is 2.47 bits per heavy atom. The molecule has 0 spiro atoms. The fourth-order valence-corrected chi connectivity index (χ4v) is 3.19. The van der Waals surface area contributed by atoms with Gasteiger partial charge in [-0.05, 0) is 23.2 Å². The third-order valence-electron chi connectivity index (χ3n) is 4.74. The van der Waals surface area contributed by atoms with Crippen molar-refractivity contribution in [1.29, 1.82) is 0 Å². The first kappa shape index (κ1) is 21.8. The van der Waals surface area contributed by atoms with Gasteiger partial charge in [0.15, 0.2) is 6.29 Å². The summed E-state index contributed by atoms with van der Waals surface area (Å²) in [6.45, 7) is -0.0236. The standard InChI is InChI=1S/C21H23N3O6/c1-27-21-19(28-12-14-8-4-2-5-9-14)17(23-24-22)18(25)16(30-21)13-29-20(26)15-10-6-3-7-11-15/h2-11,16-19,21,25H,12-13H2,1H3/t16?,17-,18-,19?,21+/m0/s1. The molecule has 9 heteroatoms. The molecule has 1 fully saturated rings. The molecule has 158 valence electrons. The molecule has 2 aromatic rings. The number of carbonyl (C=O) groups is 1. The van der Waals surface area contributed by atoms with Crippen LogP contribution in [0.4, 0.5) is 0 Å². The van der Waals surface area contributed by atoms with E-state index in [2.05, 4.69) is 10.0 Å². The lowest BCUT2D eigenvalue weighted by Gasteiger charge is -2.42. The number of aliphatic hydroxyl groups is 1. The van der Waals surface area contributed by atoms with Crippen LogP contribution < -0.4 is 0 Å². The van der Waals surface area contributed by atoms with Crippen LogP contribution in [0.3, 0.4) is 0 Å². The summed E-state index contributed by atoms with van der Waals surface area (Å²) in [4.78, 5) is 15.0. The normalized spacial score (nSPS) is 25.9. The molecular weight excluding hydrogens is 390 g/mol. The summed E-state index contributed by atoms with van der Waals surface area (Å²) in [5, 5.41) is 14.4. The molecule has 2 unspecified atom stereocenters. The molecule has 0 aliphatic carbocycles. The Morgan fingerprint density at radius 1 is 1.17 bits per heavy atom. The van der Waals surface area contributed by atoms with Gasteiger partial charge >= 0.3 is 5.97 Å². The van der Waals surface area contributed by atoms with Gasteiger partial charge in [-0.15, -0.1) is 0 Å². The molecule has 3 rings (SSSR count). The van der Waals surface area contributed by atoms with Gasteiger partial charge in [0, 0.05) is 12.0 Å². The summed E-state index contributed by atoms with van der Waals surface area (Å²) < 4.78 is 22.2. The van der Waals surface area contributed by atoms with Crippen LogP contribution in [0.2, 0.25) is 0 Å². The maximum Gasteiger partial charge on any atom is 0.338 e. The van der Waals surface area contributed by atoms with Crippen LogP contribution in [0, 0.1) is 0 Å². The highest BCUT2D eigenvalue weighted by Crippen LogP contribution is 2.28. The number of benzene rings is 2. The van der Waals surface area contributed by atoms with Crippen molar-refractivity contribution in [3.8, 4) is 0 Å². The third kappa shape index (κ3) is 5.35. The molecule has 9 nitrogen and oxygen atoms in total. The molecule has 0 radical (unpaired) electrons. The smallest absolute Gasteiger partial charge is 0.338 e. The van der Waals surface area contributed by atoms with E-state index < -0.39 is 36.6 Å². The molecular formula is C21H23N3O6. The van der Waals surface area contributed by atoms with E-state index in [1.165, 1.54) is 7.11 Å². The van der Waals surface area contributed by atoms with Crippen LogP contribution in [0.5, 0.6) is 0 Å². The molecule has 30 heavy (non-hydrogen) atoms. The number of azide groups is 1. The minimum Gasteiger partial charge on any atom is -0.459 e. The fourth-order valence-electron chi connectivity index (χ4n) is 3.19. The highest BCUT2D eigenvalue weighted by molar-refractivity contribution is 5.89. The zero-order valence-electron chi connectivity index (χ0n) is 16.4. The number of nitrogens with zero attached hydrogens (tertiary/aromatic N) is 3. The number of rotatable bonds is 8. The summed E-state index contributed by atoms with van der Waals surface area (Å²) in [6.07, 6.45) is -3.97. The number of carbonyl (C=O) groups excluding carboxylic acids is 1. The predicted octanol–water partition coefficient (Wildman–Crippen LogP) is 2.84. The molecule has 0 saturated carbocycles. The van der Waals surface area contributed by atoms with Crippen molar-refractivity contribution in [1.82, 2.24) is 0 Å². The maximum atomic E-state index is 12.2. The molecule has 0 amide bonds. The largest absolute Gasteiger partial charge is 0.459 e. The van der Waals surface area contributed by atoms with E-state index in [9.17, 15) is 9.90 Å². The van der Waals surface area contributed by atoms with Crippen LogP contribution in [-0.4, -0.2) is 55.4 Å². The summed E-state index contributed by atoms with van der Waals surface area (Å²) in [5.41, 5.74) is 10.3. The minimum atomic E-state index is -1.25. The van der Waals surface area contributed by atoms with E-state index in [0.717, 1.165) is 5.56 Å². The zero-order valence-corrected chi connectivity index (χ0v) is 16.4. The van der Waals surface area contributed by atoms with Crippen molar-refractivity contribution in [2.75, 3.05) is 13.7 Å². The van der Waals surface area contributed by atoms with Crippen LogP contribution in [0.25, 0.3) is 10.4 Å². The van der Waals surface area contributed by atoms with Gasteiger partial charge in [-0.2, -0.15) is 0 Å². The number of hydrogen-bond donors (Lipinski definition) is 1. The number of hydrogen-bond acceptors (Lipinski definition) is 7. The van der Waals surface area contributed by atoms with E-state index in [-0.39, 0.29) is 13.2 Å². The Hall–Kier alpha value is -2.94. The Labute approximate surface area is 173 Å². The Bertz CT molecular complexity index is 860. The van der Waals surface area contributed by atoms with Crippen molar-refractivity contribution in [3.63, 3.8) is 0 Å². The number of esters is 1. The number of methoxy groups -OCH3 is 1. The Kier molecular flexibility index (Phi) is 7.78. The van der Waals surface area contributed by atoms with E-state index in [1.807, 2.05) is 30.3 Å². The van der Waals surface area contributed by atoms with E-state index in [0.29, 0.717) is 5.56 Å². The molecule has 0 aromatic heterocycles. The highest BCUT2D eigenvalue weighted by atomic mass is 16.7. The lowest BCUT2D eigenvalue weighted by molar-refractivity contribution is -0.279. The van der Waals surface area contributed by atoms with Gasteiger partial charge in [0.1, 0.15) is 18.8 Å². The zero-order chi connectivity index (χ0) is 21.3. The monoisotopic (exact) mass is 413 g/mol. The van der Waals surface area contributed by atoms with E-state index in [4.69, 9.17) is 24.5 Å². The average molecular weight is 413 g/mol. The summed E-state index contributed by atoms with van der Waals surface area (Å²) in [7, 11) is 1.42. The van der Waals surface area contributed by atoms with Crippen LogP contribution >= 0.6 is 0 Å². The van der Waals surface area contributed by atoms with Crippen LogP contribution in [0.15, 0.2) is 65.8 Å². The van der Waals surface area contributed by atoms with E-state index in [1.54, 1.807) is 30.3 Å². The Morgan fingerprint density at radius 2 is 1.83 bits per heavy atom. The topological polar surface area (TPSA) is 123 Å². The van der Waals surface area contributed by atoms with Gasteiger partial charge in [-0.25, -0.2) is 4.79 Å². The van der Waals surface area contributed by atoms with Gasteiger partial charge in [0.05, 0.1) is 24.3 Å². The van der Waals surface area contributed by atoms with Crippen molar-refractivity contribution in [2.24, 2.45) is 5.11 Å². The molecule has 1 aliphatic heterocycles. The second-order valence-electron chi connectivity index (χ2n) is 6.69. The summed E-state index contributed by atoms with van der Waals surface area (Å²) >= 11 is 0. The van der Waals surface area contributed by atoms with Gasteiger partial charge in [0.25, 0.3) is 0 Å². The maximum absolute atomic E-state index is 12.2. The average Bonchev–Trinajstić information content (AvgIpc) is 2.79. The van der Waals surface area contributed by atoms with Gasteiger partial charge in [-0.3, -0.25) is 0 Å². The SMILES string of the molecule is CO[C@@H]1OC(COC(=O)c2ccccc2)[C@H](O)[C@H](N=[N+]=[N-])C1OCc1ccccc1. The van der Waals surface area contributed by atoms with Gasteiger partial charge in [0.2, 0.25) is 0 Å². The summed E-state index contributed by atoms with van der Waals surface area (Å²) in [5.74, 6) is -0.553. The second kappa shape index (κ2) is 10.7. The lowest BCUT2D eigenvalue weighted by Crippen LogP contribution is -2.59. The van der Waals surface area contributed by atoms with Crippen molar-refractivity contribution >= 4 is 5.97 Å². The molecule has 5 atom stereocenters. The number of aliphatic hydroxyl groups excluding tert-OH is 1. The minimum absolute atomic E-state index is 0.215. The molecule has 0 bridgehead atoms. The number of ether oxygens (including phenoxy) is 4. The lowest BCUT2D eigenvalue weighted by atomic mass is 9.97. The summed E-state index contributed by atoms with van der Waals surface area (Å²) in [6, 6.07) is 16.9. The first-order chi connectivity index (χ1) is 14.6. The van der Waals surface area contributed by atoms with Crippen molar-refractivity contribution in [2.45, 2.75) is 37.3 Å². The molecule has 1 aliphatic rings. The quantitative estimate of drug-likeness (QED) is 0.307. The predicted molar refractivity (Wildman–Crippen MR) is 106 cm³/mol. The van der Waals surface area contributed by atoms with Crippen molar-refractivity contribution < 1.29 is 28.8 Å². The van der Waals surface area contributed by atoms with Gasteiger partial charge in [-0.1, -0.05) is 53.6 Å². The molecule has 1 N–H and O–H groups in total. The van der Waals surface area contributed by atoms with E-state index >= 15 is 0 Å². The van der Waals surface area contributed by atoms with Crippen LogP contribution in [-0.2, 0) is 25.6 Å². The fraction of sp³-hybridized carbons (Fsp3) is 0.381. The molecule has 1 saturated heterocycles. The van der Waals surface area contributed by atoms with Crippen molar-refractivity contribution in [3.05, 3.63) is 82.2 Å². The Balaban J connectivity index is 1.68. The first-order valence-corrected chi connectivity index (χ1v) is 9.42.